The Balaban J connectivity index is 1.67. The van der Waals surface area contributed by atoms with E-state index in [-0.39, 0.29) is 17.6 Å². The Morgan fingerprint density at radius 1 is 1.07 bits per heavy atom. The van der Waals surface area contributed by atoms with Crippen molar-refractivity contribution in [3.63, 3.8) is 0 Å². The molecule has 0 heterocycles. The first-order chi connectivity index (χ1) is 14.1. The van der Waals surface area contributed by atoms with Crippen LogP contribution in [0.2, 0.25) is 0 Å². The van der Waals surface area contributed by atoms with Gasteiger partial charge in [0.15, 0.2) is 0 Å². The van der Waals surface area contributed by atoms with Crippen LogP contribution in [0.5, 0.6) is 0 Å². The van der Waals surface area contributed by atoms with Crippen molar-refractivity contribution >= 4 is 29.3 Å². The fourth-order valence-electron chi connectivity index (χ4n) is 2.74. The summed E-state index contributed by atoms with van der Waals surface area (Å²) in [5.74, 6) is -0.833. The van der Waals surface area contributed by atoms with Gasteiger partial charge in [0, 0.05) is 37.5 Å². The van der Waals surface area contributed by atoms with Gasteiger partial charge in [0.1, 0.15) is 0 Å². The lowest BCUT2D eigenvalue weighted by molar-refractivity contribution is -0.136. The third kappa shape index (κ3) is 5.62. The largest absolute Gasteiger partial charge is 0.418 e. The van der Waals surface area contributed by atoms with E-state index in [0.717, 1.165) is 25.0 Å². The summed E-state index contributed by atoms with van der Waals surface area (Å²) >= 11 is 0. The number of hydrogen-bond acceptors (Lipinski definition) is 3. The van der Waals surface area contributed by atoms with Crippen molar-refractivity contribution in [3.05, 3.63) is 65.2 Å². The number of halogens is 3. The van der Waals surface area contributed by atoms with Gasteiger partial charge in [-0.3, -0.25) is 9.59 Å². The van der Waals surface area contributed by atoms with Gasteiger partial charge in [-0.25, -0.2) is 0 Å². The third-order valence-electron chi connectivity index (χ3n) is 4.60. The summed E-state index contributed by atoms with van der Waals surface area (Å²) in [6.45, 7) is 0. The zero-order chi connectivity index (χ0) is 21.9. The zero-order valence-corrected chi connectivity index (χ0v) is 16.6. The maximum absolute atomic E-state index is 13.4. The molecule has 0 saturated heterocycles. The van der Waals surface area contributed by atoms with E-state index < -0.39 is 17.6 Å². The van der Waals surface area contributed by atoms with Crippen molar-refractivity contribution in [1.29, 1.82) is 0 Å². The van der Waals surface area contributed by atoms with Crippen LogP contribution in [0, 0.1) is 0 Å². The van der Waals surface area contributed by atoms with Gasteiger partial charge in [-0.15, -0.1) is 0 Å². The van der Waals surface area contributed by atoms with Crippen LogP contribution in [-0.2, 0) is 11.0 Å². The molecule has 0 aliphatic heterocycles. The molecule has 1 aliphatic rings. The summed E-state index contributed by atoms with van der Waals surface area (Å²) in [4.78, 5) is 25.7. The molecule has 0 spiro atoms. The monoisotopic (exact) mass is 417 g/mol. The maximum atomic E-state index is 13.4. The van der Waals surface area contributed by atoms with Crippen LogP contribution >= 0.6 is 0 Å². The van der Waals surface area contributed by atoms with E-state index in [1.54, 1.807) is 43.3 Å². The molecular formula is C22H22F3N3O2. The van der Waals surface area contributed by atoms with Crippen molar-refractivity contribution in [2.45, 2.75) is 25.1 Å². The van der Waals surface area contributed by atoms with Crippen molar-refractivity contribution in [2.75, 3.05) is 24.3 Å². The van der Waals surface area contributed by atoms with Gasteiger partial charge in [0.2, 0.25) is 5.91 Å². The minimum atomic E-state index is -4.60. The highest BCUT2D eigenvalue weighted by molar-refractivity contribution is 6.02. The van der Waals surface area contributed by atoms with Crippen molar-refractivity contribution < 1.29 is 22.8 Å². The zero-order valence-electron chi connectivity index (χ0n) is 16.6. The van der Waals surface area contributed by atoms with Crippen LogP contribution in [0.3, 0.4) is 0 Å². The van der Waals surface area contributed by atoms with E-state index in [0.29, 0.717) is 16.8 Å². The minimum absolute atomic E-state index is 0.147. The molecule has 0 aromatic heterocycles. The van der Waals surface area contributed by atoms with Gasteiger partial charge >= 0.3 is 6.18 Å². The number of rotatable bonds is 6. The van der Waals surface area contributed by atoms with Crippen LogP contribution < -0.4 is 15.5 Å². The average molecular weight is 417 g/mol. The lowest BCUT2D eigenvalue weighted by atomic mass is 10.1. The molecule has 2 N–H and O–H groups in total. The number of nitrogens with zero attached hydrogens (tertiary/aromatic N) is 1. The third-order valence-corrected chi connectivity index (χ3v) is 4.60. The Labute approximate surface area is 172 Å². The molecule has 0 unspecified atom stereocenters. The molecule has 2 aromatic carbocycles. The van der Waals surface area contributed by atoms with Gasteiger partial charge in [-0.05, 0) is 54.8 Å². The standard InChI is InChI=1S/C22H22F3N3O2/c1-28(2)17-10-11-19(18(13-17)22(23,24)25)27-20(29)12-5-14-3-6-15(7-4-14)21(30)26-16-8-9-16/h3-7,10-13,16H,8-9H2,1-2H3,(H,26,30)(H,27,29). The first-order valence-corrected chi connectivity index (χ1v) is 9.42. The molecule has 2 amide bonds. The quantitative estimate of drug-likeness (QED) is 0.689. The maximum Gasteiger partial charge on any atom is 0.418 e. The minimum Gasteiger partial charge on any atom is -0.378 e. The topological polar surface area (TPSA) is 61.4 Å². The Bertz CT molecular complexity index is 963. The summed E-state index contributed by atoms with van der Waals surface area (Å²) in [5, 5.41) is 5.16. The first kappa shape index (κ1) is 21.4. The second kappa shape index (κ2) is 8.61. The highest BCUT2D eigenvalue weighted by Crippen LogP contribution is 2.37. The average Bonchev–Trinajstić information content (AvgIpc) is 3.50. The predicted molar refractivity (Wildman–Crippen MR) is 110 cm³/mol. The second-order valence-electron chi connectivity index (χ2n) is 7.31. The lowest BCUT2D eigenvalue weighted by Crippen LogP contribution is -2.25. The Morgan fingerprint density at radius 3 is 2.30 bits per heavy atom. The number of benzene rings is 2. The van der Waals surface area contributed by atoms with Gasteiger partial charge in [-0.2, -0.15) is 13.2 Å². The molecule has 158 valence electrons. The molecule has 3 rings (SSSR count). The number of anilines is 2. The Morgan fingerprint density at radius 2 is 1.73 bits per heavy atom. The number of amides is 2. The van der Waals surface area contributed by atoms with Crippen molar-refractivity contribution in [2.24, 2.45) is 0 Å². The molecule has 1 aliphatic carbocycles. The van der Waals surface area contributed by atoms with E-state index in [2.05, 4.69) is 10.6 Å². The van der Waals surface area contributed by atoms with Gasteiger partial charge < -0.3 is 15.5 Å². The molecule has 30 heavy (non-hydrogen) atoms. The smallest absolute Gasteiger partial charge is 0.378 e. The first-order valence-electron chi connectivity index (χ1n) is 9.42. The van der Waals surface area contributed by atoms with Crippen LogP contribution in [0.15, 0.2) is 48.5 Å². The highest BCUT2D eigenvalue weighted by Gasteiger charge is 2.34. The Hall–Kier alpha value is -3.29. The van der Waals surface area contributed by atoms with Crippen LogP contribution in [-0.4, -0.2) is 32.0 Å². The molecular weight excluding hydrogens is 395 g/mol. The molecule has 1 fully saturated rings. The van der Waals surface area contributed by atoms with Crippen molar-refractivity contribution in [1.82, 2.24) is 5.32 Å². The Kier molecular flexibility index (Phi) is 6.14. The molecule has 2 aromatic rings. The molecule has 8 heteroatoms. The van der Waals surface area contributed by atoms with Gasteiger partial charge in [0.25, 0.3) is 5.91 Å². The van der Waals surface area contributed by atoms with Crippen LogP contribution in [0.1, 0.15) is 34.3 Å². The number of alkyl halides is 3. The summed E-state index contributed by atoms with van der Waals surface area (Å²) < 4.78 is 40.1. The summed E-state index contributed by atoms with van der Waals surface area (Å²) in [5.41, 5.74) is 0.310. The molecule has 1 saturated carbocycles. The van der Waals surface area contributed by atoms with Gasteiger partial charge in [-0.1, -0.05) is 12.1 Å². The number of nitrogens with one attached hydrogen (secondary N) is 2. The summed E-state index contributed by atoms with van der Waals surface area (Å²) in [6.07, 6.45) is 0.0130. The second-order valence-corrected chi connectivity index (χ2v) is 7.31. The van der Waals surface area contributed by atoms with Crippen molar-refractivity contribution in [3.8, 4) is 0 Å². The molecule has 0 atom stereocenters. The lowest BCUT2D eigenvalue weighted by Gasteiger charge is -2.18. The SMILES string of the molecule is CN(C)c1ccc(NC(=O)C=Cc2ccc(C(=O)NC3CC3)cc2)c(C(F)(F)F)c1. The van der Waals surface area contributed by atoms with E-state index in [1.807, 2.05) is 0 Å². The van der Waals surface area contributed by atoms with E-state index in [9.17, 15) is 22.8 Å². The summed E-state index contributed by atoms with van der Waals surface area (Å²) in [6, 6.07) is 10.6. The molecule has 0 radical (unpaired) electrons. The van der Waals surface area contributed by atoms with Gasteiger partial charge in [0.05, 0.1) is 11.3 Å². The fraction of sp³-hybridized carbons (Fsp3) is 0.273. The van der Waals surface area contributed by atoms with E-state index in [4.69, 9.17) is 0 Å². The normalized spacial score (nSPS) is 13.9. The van der Waals surface area contributed by atoms with E-state index >= 15 is 0 Å². The summed E-state index contributed by atoms with van der Waals surface area (Å²) in [7, 11) is 3.27. The number of carbonyl (C=O) groups is 2. The van der Waals surface area contributed by atoms with E-state index in [1.165, 1.54) is 18.2 Å². The van der Waals surface area contributed by atoms with Crippen LogP contribution in [0.4, 0.5) is 24.5 Å². The predicted octanol–water partition coefficient (Wildman–Crippen LogP) is 4.32. The number of carbonyl (C=O) groups excluding carboxylic acids is 2. The molecule has 0 bridgehead atoms. The fourth-order valence-corrected chi connectivity index (χ4v) is 2.74. The number of hydrogen-bond donors (Lipinski definition) is 2. The molecule has 5 nitrogen and oxygen atoms in total. The highest BCUT2D eigenvalue weighted by atomic mass is 19.4. The van der Waals surface area contributed by atoms with Crippen LogP contribution in [0.25, 0.3) is 6.08 Å².